The minimum absolute atomic E-state index is 0.108. The molecule has 1 amide bonds. The second-order valence-electron chi connectivity index (χ2n) is 6.19. The monoisotopic (exact) mass is 364 g/mol. The molecule has 0 saturated heterocycles. The summed E-state index contributed by atoms with van der Waals surface area (Å²) < 4.78 is 5.39. The lowest BCUT2D eigenvalue weighted by atomic mass is 10.0. The van der Waals surface area contributed by atoms with Gasteiger partial charge in [0, 0.05) is 10.6 Å². The van der Waals surface area contributed by atoms with Crippen molar-refractivity contribution in [2.45, 2.75) is 12.8 Å². The van der Waals surface area contributed by atoms with Gasteiger partial charge < -0.3 is 4.74 Å². The highest BCUT2D eigenvalue weighted by molar-refractivity contribution is 6.30. The Morgan fingerprint density at radius 2 is 1.85 bits per heavy atom. The number of amides is 1. The number of benzene rings is 3. The molecular weight excluding hydrogens is 348 g/mol. The van der Waals surface area contributed by atoms with Gasteiger partial charge in [0.25, 0.3) is 5.91 Å². The number of halogens is 1. The largest absolute Gasteiger partial charge is 0.484 e. The van der Waals surface area contributed by atoms with Crippen molar-refractivity contribution in [2.24, 2.45) is 5.10 Å². The molecule has 0 fully saturated rings. The number of nitrogens with zero attached hydrogens (tertiary/aromatic N) is 1. The average Bonchev–Trinajstić information content (AvgIpc) is 3.08. The minimum atomic E-state index is -0.317. The summed E-state index contributed by atoms with van der Waals surface area (Å²) in [5.41, 5.74) is 6.26. The predicted molar refractivity (Wildman–Crippen MR) is 104 cm³/mol. The molecule has 130 valence electrons. The summed E-state index contributed by atoms with van der Waals surface area (Å²) in [6.45, 7) is -0.108. The van der Waals surface area contributed by atoms with E-state index >= 15 is 0 Å². The number of hydrogen-bond donors (Lipinski definition) is 1. The molecule has 3 aromatic rings. The summed E-state index contributed by atoms with van der Waals surface area (Å²) in [5.74, 6) is 0.267. The number of rotatable bonds is 5. The van der Waals surface area contributed by atoms with Crippen molar-refractivity contribution in [1.82, 2.24) is 5.43 Å². The van der Waals surface area contributed by atoms with Crippen LogP contribution in [-0.2, 0) is 17.6 Å². The van der Waals surface area contributed by atoms with Gasteiger partial charge in [0.2, 0.25) is 0 Å². The van der Waals surface area contributed by atoms with Crippen molar-refractivity contribution < 1.29 is 9.53 Å². The van der Waals surface area contributed by atoms with Crippen LogP contribution >= 0.6 is 11.6 Å². The standard InChI is InChI=1S/C21H17ClN2O2/c22-17-8-10-18(11-9-17)26-13-20(25)24-23-12-16-7-6-15-5-4-14-2-1-3-19(16)21(14)15/h1-3,6-12H,4-5,13H2,(H,24,25)/b23-12-. The molecule has 0 aromatic heterocycles. The number of aryl methyl sites for hydroxylation is 2. The Morgan fingerprint density at radius 3 is 2.65 bits per heavy atom. The highest BCUT2D eigenvalue weighted by atomic mass is 35.5. The van der Waals surface area contributed by atoms with E-state index in [-0.39, 0.29) is 12.5 Å². The van der Waals surface area contributed by atoms with Gasteiger partial charge in [-0.2, -0.15) is 5.10 Å². The first-order chi connectivity index (χ1) is 12.7. The van der Waals surface area contributed by atoms with E-state index in [1.165, 1.54) is 21.9 Å². The molecule has 0 bridgehead atoms. The molecular formula is C21H17ClN2O2. The van der Waals surface area contributed by atoms with Gasteiger partial charge in [0.05, 0.1) is 6.21 Å². The first-order valence-corrected chi connectivity index (χ1v) is 8.82. The maximum Gasteiger partial charge on any atom is 0.277 e. The van der Waals surface area contributed by atoms with Gasteiger partial charge in [-0.15, -0.1) is 0 Å². The zero-order valence-electron chi connectivity index (χ0n) is 14.0. The van der Waals surface area contributed by atoms with Crippen LogP contribution < -0.4 is 10.2 Å². The first-order valence-electron chi connectivity index (χ1n) is 8.44. The quantitative estimate of drug-likeness (QED) is 0.547. The summed E-state index contributed by atoms with van der Waals surface area (Å²) in [7, 11) is 0. The lowest BCUT2D eigenvalue weighted by Crippen LogP contribution is -2.24. The van der Waals surface area contributed by atoms with Crippen LogP contribution in [0.4, 0.5) is 0 Å². The van der Waals surface area contributed by atoms with Crippen LogP contribution in [0.5, 0.6) is 5.75 Å². The Bertz CT molecular complexity index is 987. The number of hydrogen-bond acceptors (Lipinski definition) is 3. The number of hydrazone groups is 1. The third-order valence-electron chi connectivity index (χ3n) is 4.49. The summed E-state index contributed by atoms with van der Waals surface area (Å²) in [5, 5.41) is 7.20. The molecule has 0 heterocycles. The molecule has 1 aliphatic carbocycles. The second-order valence-corrected chi connectivity index (χ2v) is 6.63. The molecule has 5 heteroatoms. The van der Waals surface area contributed by atoms with Gasteiger partial charge in [-0.1, -0.05) is 41.9 Å². The maximum absolute atomic E-state index is 11.9. The van der Waals surface area contributed by atoms with E-state index in [1.807, 2.05) is 6.07 Å². The van der Waals surface area contributed by atoms with Crippen LogP contribution in [0.25, 0.3) is 10.8 Å². The normalized spacial score (nSPS) is 12.7. The first kappa shape index (κ1) is 16.6. The molecule has 0 radical (unpaired) electrons. The highest BCUT2D eigenvalue weighted by Gasteiger charge is 2.14. The molecule has 4 rings (SSSR count). The maximum atomic E-state index is 11.9. The molecule has 0 atom stereocenters. The van der Waals surface area contributed by atoms with E-state index in [4.69, 9.17) is 16.3 Å². The fraction of sp³-hybridized carbons (Fsp3) is 0.143. The van der Waals surface area contributed by atoms with E-state index in [9.17, 15) is 4.79 Å². The van der Waals surface area contributed by atoms with Crippen LogP contribution in [-0.4, -0.2) is 18.7 Å². The van der Waals surface area contributed by atoms with Gasteiger partial charge in [0.15, 0.2) is 6.61 Å². The third kappa shape index (κ3) is 3.41. The number of nitrogens with one attached hydrogen (secondary N) is 1. The van der Waals surface area contributed by atoms with E-state index in [2.05, 4.69) is 34.8 Å². The molecule has 1 N–H and O–H groups in total. The fourth-order valence-corrected chi connectivity index (χ4v) is 3.39. The van der Waals surface area contributed by atoms with Gasteiger partial charge in [-0.25, -0.2) is 5.43 Å². The smallest absolute Gasteiger partial charge is 0.277 e. The van der Waals surface area contributed by atoms with E-state index in [0.29, 0.717) is 10.8 Å². The molecule has 26 heavy (non-hydrogen) atoms. The van der Waals surface area contributed by atoms with Gasteiger partial charge in [-0.3, -0.25) is 4.79 Å². The zero-order chi connectivity index (χ0) is 17.9. The molecule has 0 aliphatic heterocycles. The van der Waals surface area contributed by atoms with Crippen LogP contribution in [0, 0.1) is 0 Å². The number of carbonyl (C=O) groups excluding carboxylic acids is 1. The van der Waals surface area contributed by atoms with Crippen molar-refractivity contribution >= 4 is 34.5 Å². The molecule has 1 aliphatic rings. The Labute approximate surface area is 156 Å². The Morgan fingerprint density at radius 1 is 1.08 bits per heavy atom. The zero-order valence-corrected chi connectivity index (χ0v) is 14.8. The van der Waals surface area contributed by atoms with Gasteiger partial charge >= 0.3 is 0 Å². The topological polar surface area (TPSA) is 50.7 Å². The minimum Gasteiger partial charge on any atom is -0.484 e. The summed E-state index contributed by atoms with van der Waals surface area (Å²) in [4.78, 5) is 11.9. The predicted octanol–water partition coefficient (Wildman–Crippen LogP) is 4.12. The Hall–Kier alpha value is -2.85. The summed E-state index contributed by atoms with van der Waals surface area (Å²) >= 11 is 5.81. The summed E-state index contributed by atoms with van der Waals surface area (Å²) in [6.07, 6.45) is 3.86. The lowest BCUT2D eigenvalue weighted by Gasteiger charge is -2.06. The van der Waals surface area contributed by atoms with Crippen molar-refractivity contribution in [3.05, 3.63) is 76.3 Å². The Kier molecular flexibility index (Phi) is 4.59. The summed E-state index contributed by atoms with van der Waals surface area (Å²) in [6, 6.07) is 17.4. The molecule has 3 aromatic carbocycles. The van der Waals surface area contributed by atoms with Crippen LogP contribution in [0.3, 0.4) is 0 Å². The van der Waals surface area contributed by atoms with E-state index in [0.717, 1.165) is 18.4 Å². The molecule has 0 unspecified atom stereocenters. The average molecular weight is 365 g/mol. The van der Waals surface area contributed by atoms with Crippen molar-refractivity contribution in [2.75, 3.05) is 6.61 Å². The van der Waals surface area contributed by atoms with Crippen LogP contribution in [0.2, 0.25) is 5.02 Å². The van der Waals surface area contributed by atoms with Crippen LogP contribution in [0.15, 0.2) is 59.7 Å². The van der Waals surface area contributed by atoms with Crippen molar-refractivity contribution in [1.29, 1.82) is 0 Å². The molecule has 0 saturated carbocycles. The lowest BCUT2D eigenvalue weighted by molar-refractivity contribution is -0.123. The van der Waals surface area contributed by atoms with E-state index < -0.39 is 0 Å². The Balaban J connectivity index is 1.40. The second kappa shape index (κ2) is 7.18. The van der Waals surface area contributed by atoms with Gasteiger partial charge in [-0.05, 0) is 59.0 Å². The van der Waals surface area contributed by atoms with Crippen LogP contribution in [0.1, 0.15) is 16.7 Å². The molecule has 0 spiro atoms. The van der Waals surface area contributed by atoms with Gasteiger partial charge in [0.1, 0.15) is 5.75 Å². The van der Waals surface area contributed by atoms with Crippen molar-refractivity contribution in [3.8, 4) is 5.75 Å². The highest BCUT2D eigenvalue weighted by Crippen LogP contribution is 2.32. The van der Waals surface area contributed by atoms with Crippen molar-refractivity contribution in [3.63, 3.8) is 0 Å². The number of ether oxygens (including phenoxy) is 1. The third-order valence-corrected chi connectivity index (χ3v) is 4.74. The van der Waals surface area contributed by atoms with E-state index in [1.54, 1.807) is 30.5 Å². The number of carbonyl (C=O) groups is 1. The fourth-order valence-electron chi connectivity index (χ4n) is 3.27. The SMILES string of the molecule is O=C(COc1ccc(Cl)cc1)N/N=C\c1ccc2c3c(cccc13)CC2. The molecule has 4 nitrogen and oxygen atoms in total.